The number of rotatable bonds is 12. The Morgan fingerprint density at radius 2 is 1.53 bits per heavy atom. The van der Waals surface area contributed by atoms with Crippen molar-refractivity contribution in [1.82, 2.24) is 10.2 Å². The zero-order valence-electron chi connectivity index (χ0n) is 26.3. The van der Waals surface area contributed by atoms with Gasteiger partial charge in [-0.15, -0.1) is 0 Å². The number of benzene rings is 4. The molecule has 0 unspecified atom stereocenters. The van der Waals surface area contributed by atoms with Crippen LogP contribution in [0, 0.1) is 12.7 Å². The summed E-state index contributed by atoms with van der Waals surface area (Å²) in [6, 6.07) is 26.9. The van der Waals surface area contributed by atoms with Crippen LogP contribution in [0.4, 0.5) is 10.1 Å². The van der Waals surface area contributed by atoms with Crippen molar-refractivity contribution in [3.05, 3.63) is 131 Å². The molecule has 0 radical (unpaired) electrons. The van der Waals surface area contributed by atoms with E-state index in [-0.39, 0.29) is 41.1 Å². The van der Waals surface area contributed by atoms with Gasteiger partial charge < -0.3 is 10.2 Å². The second kappa shape index (κ2) is 15.6. The Balaban J connectivity index is 1.58. The smallest absolute Gasteiger partial charge is 0.264 e. The summed E-state index contributed by atoms with van der Waals surface area (Å²) < 4.78 is 44.6. The Hall–Kier alpha value is -4.21. The molecule has 1 saturated carbocycles. The molecule has 1 N–H and O–H groups in total. The maximum absolute atomic E-state index is 15.1. The molecule has 2 amide bonds. The van der Waals surface area contributed by atoms with Crippen LogP contribution >= 0.6 is 11.6 Å². The highest BCUT2D eigenvalue weighted by Gasteiger charge is 2.36. The fourth-order valence-electron chi connectivity index (χ4n) is 6.04. The molecule has 1 aliphatic carbocycles. The summed E-state index contributed by atoms with van der Waals surface area (Å²) in [5.74, 6) is -1.54. The van der Waals surface area contributed by atoms with E-state index in [1.165, 1.54) is 23.1 Å². The topological polar surface area (TPSA) is 86.8 Å². The van der Waals surface area contributed by atoms with Gasteiger partial charge in [0.15, 0.2) is 0 Å². The lowest BCUT2D eigenvalue weighted by Gasteiger charge is -2.35. The summed E-state index contributed by atoms with van der Waals surface area (Å²) in [5.41, 5.74) is 1.83. The number of hydrogen-bond donors (Lipinski definition) is 1. The van der Waals surface area contributed by atoms with Crippen LogP contribution in [0.25, 0.3) is 0 Å². The molecule has 1 atom stereocenters. The maximum Gasteiger partial charge on any atom is 0.264 e. The number of nitrogens with zero attached hydrogens (tertiary/aromatic N) is 2. The minimum atomic E-state index is -4.26. The van der Waals surface area contributed by atoms with Crippen molar-refractivity contribution in [1.29, 1.82) is 0 Å². The summed E-state index contributed by atoms with van der Waals surface area (Å²) in [5, 5.41) is 3.57. The second-order valence-electron chi connectivity index (χ2n) is 11.9. The van der Waals surface area contributed by atoms with Crippen molar-refractivity contribution < 1.29 is 22.4 Å². The molecule has 0 bridgehead atoms. The molecule has 0 aliphatic heterocycles. The van der Waals surface area contributed by atoms with Gasteiger partial charge >= 0.3 is 0 Å². The number of aryl methyl sites for hydroxylation is 1. The molecule has 0 saturated heterocycles. The average Bonchev–Trinajstić information content (AvgIpc) is 3.07. The molecular weight excluding hydrogens is 637 g/mol. The van der Waals surface area contributed by atoms with Crippen LogP contribution < -0.4 is 9.62 Å². The Morgan fingerprint density at radius 1 is 0.894 bits per heavy atom. The molecule has 4 aromatic rings. The highest BCUT2D eigenvalue weighted by atomic mass is 35.5. The van der Waals surface area contributed by atoms with Crippen molar-refractivity contribution in [2.24, 2.45) is 0 Å². The second-order valence-corrected chi connectivity index (χ2v) is 14.2. The molecule has 1 fully saturated rings. The third-order valence-electron chi connectivity index (χ3n) is 8.56. The minimum absolute atomic E-state index is 0.00122. The van der Waals surface area contributed by atoms with E-state index in [4.69, 9.17) is 11.6 Å². The average molecular weight is 676 g/mol. The SMILES string of the molecule is Cc1cc(Cl)ccc1N(CC(=O)N(Cc1ccccc1F)[C@H](Cc1ccccc1)C(=O)NC1CCCCC1)S(=O)(=O)c1ccccc1. The van der Waals surface area contributed by atoms with Crippen LogP contribution in [0.3, 0.4) is 0 Å². The van der Waals surface area contributed by atoms with Crippen LogP contribution in [0.2, 0.25) is 5.02 Å². The number of hydrogen-bond acceptors (Lipinski definition) is 4. The summed E-state index contributed by atoms with van der Waals surface area (Å²) in [6.07, 6.45) is 4.93. The standard InChI is InChI=1S/C37H39ClFN3O4S/c1-27-23-30(38)21-22-34(27)42(47(45,46)32-18-9-4-10-19-32)26-36(43)41(25-29-15-11-12-20-33(29)39)35(24-28-13-5-2-6-14-28)37(44)40-31-16-7-3-8-17-31/h2,4-6,9-15,18-23,31,35H,3,7-8,16-17,24-26H2,1H3,(H,40,44)/t35-/m1/s1. The normalized spacial score (nSPS) is 14.3. The molecule has 10 heteroatoms. The predicted octanol–water partition coefficient (Wildman–Crippen LogP) is 7.07. The lowest BCUT2D eigenvalue weighted by atomic mass is 9.94. The van der Waals surface area contributed by atoms with Gasteiger partial charge in [0, 0.05) is 29.6 Å². The number of carbonyl (C=O) groups excluding carboxylic acids is 2. The zero-order chi connectivity index (χ0) is 33.4. The van der Waals surface area contributed by atoms with Gasteiger partial charge in [-0.1, -0.05) is 97.6 Å². The first kappa shape index (κ1) is 34.1. The molecule has 5 rings (SSSR count). The summed E-state index contributed by atoms with van der Waals surface area (Å²) >= 11 is 6.22. The molecule has 246 valence electrons. The fourth-order valence-corrected chi connectivity index (χ4v) is 7.77. The molecule has 0 heterocycles. The first-order valence-electron chi connectivity index (χ1n) is 15.8. The third kappa shape index (κ3) is 8.58. The predicted molar refractivity (Wildman–Crippen MR) is 183 cm³/mol. The van der Waals surface area contributed by atoms with Crippen LogP contribution in [0.15, 0.2) is 108 Å². The van der Waals surface area contributed by atoms with E-state index in [1.807, 2.05) is 30.3 Å². The van der Waals surface area contributed by atoms with Gasteiger partial charge in [0.1, 0.15) is 18.4 Å². The van der Waals surface area contributed by atoms with E-state index in [2.05, 4.69) is 5.32 Å². The van der Waals surface area contributed by atoms with E-state index in [0.717, 1.165) is 42.0 Å². The molecular formula is C37H39ClFN3O4S. The highest BCUT2D eigenvalue weighted by molar-refractivity contribution is 7.92. The number of nitrogens with one attached hydrogen (secondary N) is 1. The van der Waals surface area contributed by atoms with Gasteiger partial charge in [-0.3, -0.25) is 13.9 Å². The number of anilines is 1. The van der Waals surface area contributed by atoms with Gasteiger partial charge in [-0.25, -0.2) is 12.8 Å². The number of halogens is 2. The van der Waals surface area contributed by atoms with E-state index in [0.29, 0.717) is 10.6 Å². The van der Waals surface area contributed by atoms with Crippen molar-refractivity contribution in [3.63, 3.8) is 0 Å². The number of amides is 2. The Bertz CT molecular complexity index is 1780. The minimum Gasteiger partial charge on any atom is -0.352 e. The maximum atomic E-state index is 15.1. The summed E-state index contributed by atoms with van der Waals surface area (Å²) in [6.45, 7) is 0.849. The first-order valence-corrected chi connectivity index (χ1v) is 17.7. The Kier molecular flexibility index (Phi) is 11.3. The van der Waals surface area contributed by atoms with Crippen molar-refractivity contribution in [3.8, 4) is 0 Å². The van der Waals surface area contributed by atoms with E-state index in [1.54, 1.807) is 61.5 Å². The van der Waals surface area contributed by atoms with E-state index in [9.17, 15) is 18.0 Å². The molecule has 7 nitrogen and oxygen atoms in total. The van der Waals surface area contributed by atoms with Gasteiger partial charge in [-0.2, -0.15) is 0 Å². The Labute approximate surface area is 281 Å². The largest absolute Gasteiger partial charge is 0.352 e. The van der Waals surface area contributed by atoms with E-state index < -0.39 is 34.3 Å². The molecule has 4 aromatic carbocycles. The van der Waals surface area contributed by atoms with Crippen molar-refractivity contribution in [2.45, 2.75) is 69.0 Å². The Morgan fingerprint density at radius 3 is 2.19 bits per heavy atom. The van der Waals surface area contributed by atoms with Crippen LogP contribution in [0.5, 0.6) is 0 Å². The van der Waals surface area contributed by atoms with Gasteiger partial charge in [0.05, 0.1) is 10.6 Å². The third-order valence-corrected chi connectivity index (χ3v) is 10.6. The highest BCUT2D eigenvalue weighted by Crippen LogP contribution is 2.30. The van der Waals surface area contributed by atoms with Crippen molar-refractivity contribution >= 4 is 39.1 Å². The zero-order valence-corrected chi connectivity index (χ0v) is 27.9. The summed E-state index contributed by atoms with van der Waals surface area (Å²) in [7, 11) is -4.26. The molecule has 47 heavy (non-hydrogen) atoms. The summed E-state index contributed by atoms with van der Waals surface area (Å²) in [4.78, 5) is 30.1. The molecule has 0 spiro atoms. The van der Waals surface area contributed by atoms with Gasteiger partial charge in [-0.05, 0) is 67.3 Å². The van der Waals surface area contributed by atoms with Crippen LogP contribution in [-0.2, 0) is 32.6 Å². The number of sulfonamides is 1. The quantitative estimate of drug-likeness (QED) is 0.174. The first-order chi connectivity index (χ1) is 22.6. The van der Waals surface area contributed by atoms with Crippen LogP contribution in [-0.4, -0.2) is 43.8 Å². The fraction of sp³-hybridized carbons (Fsp3) is 0.297. The lowest BCUT2D eigenvalue weighted by molar-refractivity contribution is -0.140. The molecule has 1 aliphatic rings. The van der Waals surface area contributed by atoms with Gasteiger partial charge in [0.2, 0.25) is 11.8 Å². The van der Waals surface area contributed by atoms with Gasteiger partial charge in [0.25, 0.3) is 10.0 Å². The van der Waals surface area contributed by atoms with E-state index >= 15 is 4.39 Å². The van der Waals surface area contributed by atoms with Crippen LogP contribution in [0.1, 0.15) is 48.8 Å². The number of carbonyl (C=O) groups is 2. The monoisotopic (exact) mass is 675 g/mol. The van der Waals surface area contributed by atoms with Crippen molar-refractivity contribution in [2.75, 3.05) is 10.8 Å². The molecule has 0 aromatic heterocycles. The lowest BCUT2D eigenvalue weighted by Crippen LogP contribution is -2.55.